The van der Waals surface area contributed by atoms with E-state index < -0.39 is 17.4 Å². The zero-order chi connectivity index (χ0) is 14.0. The Labute approximate surface area is 108 Å². The zero-order valence-corrected chi connectivity index (χ0v) is 10.1. The summed E-state index contributed by atoms with van der Waals surface area (Å²) >= 11 is 0. The van der Waals surface area contributed by atoms with E-state index >= 15 is 0 Å². The van der Waals surface area contributed by atoms with Gasteiger partial charge in [0.15, 0.2) is 23.1 Å². The third-order valence-electron chi connectivity index (χ3n) is 2.62. The van der Waals surface area contributed by atoms with E-state index in [-0.39, 0.29) is 11.3 Å². The molecule has 19 heavy (non-hydrogen) atoms. The Kier molecular flexibility index (Phi) is 3.34. The molecule has 2 N–H and O–H groups in total. The van der Waals surface area contributed by atoms with Gasteiger partial charge in [0.1, 0.15) is 0 Å². The van der Waals surface area contributed by atoms with Crippen LogP contribution in [0.2, 0.25) is 0 Å². The van der Waals surface area contributed by atoms with Crippen molar-refractivity contribution >= 4 is 5.69 Å². The first-order chi connectivity index (χ1) is 9.02. The molecular weight excluding hydrogens is 250 g/mol. The molecular formula is C14H10F2N2O. The summed E-state index contributed by atoms with van der Waals surface area (Å²) in [5.74, 6) is -2.30. The molecule has 0 aromatic heterocycles. The lowest BCUT2D eigenvalue weighted by atomic mass is 10.2. The summed E-state index contributed by atoms with van der Waals surface area (Å²) in [5.41, 5.74) is 6.71. The normalized spacial score (nSPS) is 10.0. The Morgan fingerprint density at radius 1 is 1.21 bits per heavy atom. The first-order valence-electron chi connectivity index (χ1n) is 5.45. The lowest BCUT2D eigenvalue weighted by Crippen LogP contribution is -1.98. The number of hydrogen-bond donors (Lipinski definition) is 1. The quantitative estimate of drug-likeness (QED) is 0.840. The van der Waals surface area contributed by atoms with Crippen molar-refractivity contribution in [2.45, 2.75) is 6.92 Å². The van der Waals surface area contributed by atoms with Gasteiger partial charge >= 0.3 is 0 Å². The average molecular weight is 260 g/mol. The van der Waals surface area contributed by atoms with Gasteiger partial charge < -0.3 is 10.5 Å². The van der Waals surface area contributed by atoms with Gasteiger partial charge in [0.05, 0.1) is 17.3 Å². The smallest absolute Gasteiger partial charge is 0.198 e. The average Bonchev–Trinajstić information content (AvgIpc) is 2.38. The van der Waals surface area contributed by atoms with Crippen LogP contribution in [0.3, 0.4) is 0 Å². The van der Waals surface area contributed by atoms with E-state index in [1.165, 1.54) is 6.07 Å². The predicted octanol–water partition coefficient (Wildman–Crippen LogP) is 3.52. The number of ether oxygens (including phenoxy) is 1. The topological polar surface area (TPSA) is 59.0 Å². The lowest BCUT2D eigenvalue weighted by Gasteiger charge is -2.11. The highest BCUT2D eigenvalue weighted by atomic mass is 19.1. The Morgan fingerprint density at radius 2 is 1.84 bits per heavy atom. The van der Waals surface area contributed by atoms with Gasteiger partial charge in [0, 0.05) is 0 Å². The molecule has 96 valence electrons. The number of nitrogen functional groups attached to an aromatic ring is 1. The van der Waals surface area contributed by atoms with Gasteiger partial charge in [-0.25, -0.2) is 8.78 Å². The van der Waals surface area contributed by atoms with Crippen LogP contribution in [0.25, 0.3) is 0 Å². The monoisotopic (exact) mass is 260 g/mol. The van der Waals surface area contributed by atoms with Crippen LogP contribution in [0.15, 0.2) is 30.3 Å². The fourth-order valence-corrected chi connectivity index (χ4v) is 1.57. The minimum Gasteiger partial charge on any atom is -0.449 e. The molecule has 0 saturated carbocycles. The number of rotatable bonds is 2. The second-order valence-electron chi connectivity index (χ2n) is 3.97. The van der Waals surface area contributed by atoms with E-state index in [2.05, 4.69) is 0 Å². The van der Waals surface area contributed by atoms with Gasteiger partial charge in [0.25, 0.3) is 0 Å². The van der Waals surface area contributed by atoms with E-state index in [9.17, 15) is 8.78 Å². The van der Waals surface area contributed by atoms with Crippen LogP contribution in [0.1, 0.15) is 11.1 Å². The lowest BCUT2D eigenvalue weighted by molar-refractivity contribution is 0.408. The first kappa shape index (κ1) is 12.8. The van der Waals surface area contributed by atoms with Crippen molar-refractivity contribution in [2.24, 2.45) is 0 Å². The number of nitriles is 1. The molecule has 0 fully saturated rings. The molecule has 0 spiro atoms. The predicted molar refractivity (Wildman–Crippen MR) is 66.7 cm³/mol. The van der Waals surface area contributed by atoms with Crippen molar-refractivity contribution in [3.8, 4) is 17.6 Å². The Balaban J connectivity index is 2.45. The van der Waals surface area contributed by atoms with Crippen molar-refractivity contribution in [3.05, 3.63) is 53.1 Å². The third-order valence-corrected chi connectivity index (χ3v) is 2.62. The maximum absolute atomic E-state index is 13.7. The Bertz CT molecular complexity index is 655. The second-order valence-corrected chi connectivity index (χ2v) is 3.97. The van der Waals surface area contributed by atoms with Crippen LogP contribution in [0, 0.1) is 29.9 Å². The minimum absolute atomic E-state index is 0.112. The highest BCUT2D eigenvalue weighted by Gasteiger charge is 2.15. The summed E-state index contributed by atoms with van der Waals surface area (Å²) in [5, 5.41) is 8.60. The van der Waals surface area contributed by atoms with Gasteiger partial charge in [0.2, 0.25) is 0 Å². The van der Waals surface area contributed by atoms with E-state index in [1.807, 2.05) is 0 Å². The van der Waals surface area contributed by atoms with Crippen LogP contribution in [-0.4, -0.2) is 0 Å². The van der Waals surface area contributed by atoms with Crippen LogP contribution in [0.4, 0.5) is 14.5 Å². The number of hydrogen-bond acceptors (Lipinski definition) is 3. The van der Waals surface area contributed by atoms with Gasteiger partial charge in [-0.3, -0.25) is 0 Å². The summed E-state index contributed by atoms with van der Waals surface area (Å²) < 4.78 is 32.5. The maximum Gasteiger partial charge on any atom is 0.198 e. The summed E-state index contributed by atoms with van der Waals surface area (Å²) in [6.07, 6.45) is 0. The van der Waals surface area contributed by atoms with Crippen LogP contribution in [-0.2, 0) is 0 Å². The molecule has 0 unspecified atom stereocenters. The van der Waals surface area contributed by atoms with E-state index in [0.29, 0.717) is 5.69 Å². The van der Waals surface area contributed by atoms with Gasteiger partial charge in [-0.1, -0.05) is 12.1 Å². The molecule has 2 aromatic carbocycles. The Hall–Kier alpha value is -2.61. The molecule has 2 rings (SSSR count). The van der Waals surface area contributed by atoms with Crippen LogP contribution >= 0.6 is 0 Å². The first-order valence-corrected chi connectivity index (χ1v) is 5.45. The largest absolute Gasteiger partial charge is 0.449 e. The number of anilines is 1. The van der Waals surface area contributed by atoms with Crippen LogP contribution in [0.5, 0.6) is 11.5 Å². The van der Waals surface area contributed by atoms with Crippen molar-refractivity contribution in [3.63, 3.8) is 0 Å². The summed E-state index contributed by atoms with van der Waals surface area (Å²) in [4.78, 5) is 0. The van der Waals surface area contributed by atoms with Crippen molar-refractivity contribution in [2.75, 3.05) is 5.73 Å². The Morgan fingerprint density at radius 3 is 2.42 bits per heavy atom. The van der Waals surface area contributed by atoms with Gasteiger partial charge in [-0.2, -0.15) is 5.26 Å². The van der Waals surface area contributed by atoms with Crippen molar-refractivity contribution < 1.29 is 13.5 Å². The third kappa shape index (κ3) is 2.47. The van der Waals surface area contributed by atoms with Crippen LogP contribution < -0.4 is 10.5 Å². The molecule has 0 aliphatic carbocycles. The molecule has 2 aromatic rings. The molecule has 0 aliphatic heterocycles. The maximum atomic E-state index is 13.7. The fraction of sp³-hybridized carbons (Fsp3) is 0.0714. The molecule has 0 radical (unpaired) electrons. The summed E-state index contributed by atoms with van der Waals surface area (Å²) in [7, 11) is 0. The molecule has 0 atom stereocenters. The van der Waals surface area contributed by atoms with Gasteiger partial charge in [-0.05, 0) is 30.7 Å². The van der Waals surface area contributed by atoms with E-state index in [4.69, 9.17) is 15.7 Å². The van der Waals surface area contributed by atoms with Crippen molar-refractivity contribution in [1.82, 2.24) is 0 Å². The summed E-state index contributed by atoms with van der Waals surface area (Å²) in [6.45, 7) is 1.76. The standard InChI is InChI=1S/C14H10F2N2O/c1-8-3-2-4-12(13(8)18)19-14-10(15)5-9(7-17)6-11(14)16/h2-6H,18H2,1H3. The molecule has 0 aliphatic rings. The number of para-hydroxylation sites is 1. The van der Waals surface area contributed by atoms with E-state index in [0.717, 1.165) is 17.7 Å². The summed E-state index contributed by atoms with van der Waals surface area (Å²) in [6, 6.07) is 8.41. The van der Waals surface area contributed by atoms with E-state index in [1.54, 1.807) is 25.1 Å². The van der Waals surface area contributed by atoms with Crippen molar-refractivity contribution in [1.29, 1.82) is 5.26 Å². The van der Waals surface area contributed by atoms with Gasteiger partial charge in [-0.15, -0.1) is 0 Å². The number of aryl methyl sites for hydroxylation is 1. The number of nitrogens with zero attached hydrogens (tertiary/aromatic N) is 1. The molecule has 3 nitrogen and oxygen atoms in total. The molecule has 5 heteroatoms. The molecule has 0 bridgehead atoms. The molecule has 0 heterocycles. The fourth-order valence-electron chi connectivity index (χ4n) is 1.57. The second kappa shape index (κ2) is 4.94. The molecule has 0 amide bonds. The highest BCUT2D eigenvalue weighted by Crippen LogP contribution is 2.33. The zero-order valence-electron chi connectivity index (χ0n) is 10.1. The number of benzene rings is 2. The highest BCUT2D eigenvalue weighted by molar-refractivity contribution is 5.59. The molecule has 0 saturated heterocycles. The number of nitrogens with two attached hydrogens (primary N) is 1. The minimum atomic E-state index is -0.947. The SMILES string of the molecule is Cc1cccc(Oc2c(F)cc(C#N)cc2F)c1N. The number of halogens is 2.